The number of hydrogen-bond acceptors (Lipinski definition) is 1. The fourth-order valence-electron chi connectivity index (χ4n) is 2.54. The summed E-state index contributed by atoms with van der Waals surface area (Å²) in [6.45, 7) is 0. The lowest BCUT2D eigenvalue weighted by Gasteiger charge is -2.19. The van der Waals surface area contributed by atoms with E-state index in [2.05, 4.69) is 66.8 Å². The van der Waals surface area contributed by atoms with Crippen LogP contribution in [0.3, 0.4) is 0 Å². The Labute approximate surface area is 116 Å². The number of benzene rings is 1. The lowest BCUT2D eigenvalue weighted by molar-refractivity contribution is 0.963. The quantitative estimate of drug-likeness (QED) is 0.714. The molecule has 2 heteroatoms. The SMILES string of the molecule is ClSc1cccc(C2C=CC=C2)c1C1C=CC=C1. The van der Waals surface area contributed by atoms with Crippen LogP contribution in [0.5, 0.6) is 0 Å². The first kappa shape index (κ1) is 11.9. The molecule has 2 aliphatic rings. The lowest BCUT2D eigenvalue weighted by Crippen LogP contribution is -2.01. The minimum Gasteiger partial charge on any atom is -0.0732 e. The summed E-state index contributed by atoms with van der Waals surface area (Å²) in [6.07, 6.45) is 17.3. The predicted molar refractivity (Wildman–Crippen MR) is 80.2 cm³/mol. The zero-order valence-corrected chi connectivity index (χ0v) is 11.4. The van der Waals surface area contributed by atoms with E-state index in [0.29, 0.717) is 11.8 Å². The Bertz CT molecular complexity index is 542. The molecule has 1 aromatic carbocycles. The molecule has 1 aromatic rings. The molecule has 0 saturated heterocycles. The second kappa shape index (κ2) is 5.21. The maximum Gasteiger partial charge on any atom is 0.0277 e. The van der Waals surface area contributed by atoms with Crippen molar-refractivity contribution in [3.8, 4) is 0 Å². The Morgan fingerprint density at radius 2 is 1.44 bits per heavy atom. The molecule has 0 atom stereocenters. The third-order valence-electron chi connectivity index (χ3n) is 3.37. The zero-order valence-electron chi connectivity index (χ0n) is 9.79. The highest BCUT2D eigenvalue weighted by Gasteiger charge is 2.20. The van der Waals surface area contributed by atoms with Crippen molar-refractivity contribution in [2.45, 2.75) is 16.7 Å². The van der Waals surface area contributed by atoms with Gasteiger partial charge >= 0.3 is 0 Å². The van der Waals surface area contributed by atoms with Gasteiger partial charge < -0.3 is 0 Å². The fraction of sp³-hybridized carbons (Fsp3) is 0.125. The van der Waals surface area contributed by atoms with Crippen LogP contribution < -0.4 is 0 Å². The molecule has 0 nitrogen and oxygen atoms in total. The molecule has 0 aromatic heterocycles. The van der Waals surface area contributed by atoms with Gasteiger partial charge in [0.25, 0.3) is 0 Å². The van der Waals surface area contributed by atoms with Crippen LogP contribution >= 0.6 is 21.7 Å². The number of halogens is 1. The van der Waals surface area contributed by atoms with Gasteiger partial charge in [-0.1, -0.05) is 60.7 Å². The molecule has 0 heterocycles. The molecule has 3 rings (SSSR count). The van der Waals surface area contributed by atoms with E-state index in [1.165, 1.54) is 22.1 Å². The van der Waals surface area contributed by atoms with E-state index >= 15 is 0 Å². The Morgan fingerprint density at radius 1 is 0.833 bits per heavy atom. The molecule has 0 aliphatic heterocycles. The highest BCUT2D eigenvalue weighted by Crippen LogP contribution is 2.40. The van der Waals surface area contributed by atoms with Crippen LogP contribution in [0.4, 0.5) is 0 Å². The molecule has 0 bridgehead atoms. The summed E-state index contributed by atoms with van der Waals surface area (Å²) < 4.78 is 0. The van der Waals surface area contributed by atoms with Crippen molar-refractivity contribution in [2.24, 2.45) is 0 Å². The van der Waals surface area contributed by atoms with E-state index in [4.69, 9.17) is 10.7 Å². The average Bonchev–Trinajstić information content (AvgIpc) is 3.10. The molecule has 0 amide bonds. The van der Waals surface area contributed by atoms with E-state index in [1.54, 1.807) is 0 Å². The molecular weight excluding hydrogens is 260 g/mol. The van der Waals surface area contributed by atoms with Crippen molar-refractivity contribution in [3.05, 3.63) is 77.9 Å². The van der Waals surface area contributed by atoms with Gasteiger partial charge in [0.05, 0.1) is 0 Å². The minimum atomic E-state index is 0.352. The highest BCUT2D eigenvalue weighted by atomic mass is 35.7. The molecule has 2 aliphatic carbocycles. The first-order valence-corrected chi connectivity index (χ1v) is 7.66. The second-order valence-corrected chi connectivity index (χ2v) is 5.48. The van der Waals surface area contributed by atoms with E-state index in [9.17, 15) is 0 Å². The molecule has 0 saturated carbocycles. The fourth-order valence-corrected chi connectivity index (χ4v) is 3.41. The summed E-state index contributed by atoms with van der Waals surface area (Å²) in [5.41, 5.74) is 2.69. The highest BCUT2D eigenvalue weighted by molar-refractivity contribution is 8.21. The first-order valence-electron chi connectivity index (χ1n) is 6.01. The Kier molecular flexibility index (Phi) is 3.44. The normalized spacial score (nSPS) is 18.3. The van der Waals surface area contributed by atoms with Gasteiger partial charge in [0, 0.05) is 16.7 Å². The van der Waals surface area contributed by atoms with Crippen molar-refractivity contribution >= 4 is 21.7 Å². The van der Waals surface area contributed by atoms with Gasteiger partial charge in [-0.05, 0) is 38.9 Å². The van der Waals surface area contributed by atoms with Crippen molar-refractivity contribution in [1.29, 1.82) is 0 Å². The van der Waals surface area contributed by atoms with E-state index in [-0.39, 0.29) is 0 Å². The van der Waals surface area contributed by atoms with E-state index in [1.807, 2.05) is 0 Å². The standard InChI is InChI=1S/C16H13ClS/c17-18-15-11-5-10-14(12-6-1-2-7-12)16(15)13-8-3-4-9-13/h1-13H. The minimum absolute atomic E-state index is 0.352. The third kappa shape index (κ3) is 2.09. The second-order valence-electron chi connectivity index (χ2n) is 4.43. The molecular formula is C16H13ClS. The summed E-state index contributed by atoms with van der Waals surface area (Å²) in [5.74, 6) is 0.732. The summed E-state index contributed by atoms with van der Waals surface area (Å²) in [7, 11) is 7.33. The Balaban J connectivity index is 2.12. The average molecular weight is 273 g/mol. The van der Waals surface area contributed by atoms with Gasteiger partial charge in [0.2, 0.25) is 0 Å². The molecule has 18 heavy (non-hydrogen) atoms. The Hall–Kier alpha value is -1.18. The molecule has 0 radical (unpaired) electrons. The molecule has 0 fully saturated rings. The van der Waals surface area contributed by atoms with Gasteiger partial charge in [0.15, 0.2) is 0 Å². The van der Waals surface area contributed by atoms with Gasteiger partial charge in [0.1, 0.15) is 0 Å². The maximum absolute atomic E-state index is 6.02. The van der Waals surface area contributed by atoms with Crippen LogP contribution in [0, 0.1) is 0 Å². The van der Waals surface area contributed by atoms with Gasteiger partial charge in [-0.25, -0.2) is 0 Å². The summed E-state index contributed by atoms with van der Waals surface area (Å²) in [4.78, 5) is 1.16. The van der Waals surface area contributed by atoms with Crippen molar-refractivity contribution in [3.63, 3.8) is 0 Å². The van der Waals surface area contributed by atoms with Crippen LogP contribution in [0.15, 0.2) is 71.7 Å². The van der Waals surface area contributed by atoms with E-state index in [0.717, 1.165) is 4.90 Å². The predicted octanol–water partition coefficient (Wildman–Crippen LogP) is 5.35. The number of rotatable bonds is 3. The molecule has 0 N–H and O–H groups in total. The first-order chi connectivity index (χ1) is 8.90. The van der Waals surface area contributed by atoms with E-state index < -0.39 is 0 Å². The van der Waals surface area contributed by atoms with Gasteiger partial charge in [-0.3, -0.25) is 0 Å². The topological polar surface area (TPSA) is 0 Å². The van der Waals surface area contributed by atoms with Crippen molar-refractivity contribution in [1.82, 2.24) is 0 Å². The van der Waals surface area contributed by atoms with Gasteiger partial charge in [-0.15, -0.1) is 0 Å². The summed E-state index contributed by atoms with van der Waals surface area (Å²) in [6, 6.07) is 6.39. The molecule has 0 unspecified atom stereocenters. The maximum atomic E-state index is 6.02. The van der Waals surface area contributed by atoms with Crippen LogP contribution in [0.2, 0.25) is 0 Å². The van der Waals surface area contributed by atoms with Crippen molar-refractivity contribution in [2.75, 3.05) is 0 Å². The van der Waals surface area contributed by atoms with Gasteiger partial charge in [-0.2, -0.15) is 0 Å². The molecule has 0 spiro atoms. The lowest BCUT2D eigenvalue weighted by atomic mass is 9.88. The number of allylic oxidation sites excluding steroid dienone is 8. The smallest absolute Gasteiger partial charge is 0.0277 e. The summed E-state index contributed by atoms with van der Waals surface area (Å²) >= 11 is 0. The summed E-state index contributed by atoms with van der Waals surface area (Å²) in [5, 5.41) is 0. The third-order valence-corrected chi connectivity index (χ3v) is 4.39. The van der Waals surface area contributed by atoms with Crippen LogP contribution in [-0.2, 0) is 0 Å². The zero-order chi connectivity index (χ0) is 12.4. The van der Waals surface area contributed by atoms with Crippen LogP contribution in [-0.4, -0.2) is 0 Å². The monoisotopic (exact) mass is 272 g/mol. The van der Waals surface area contributed by atoms with Crippen LogP contribution in [0.25, 0.3) is 0 Å². The molecule has 90 valence electrons. The van der Waals surface area contributed by atoms with Crippen LogP contribution in [0.1, 0.15) is 23.0 Å². The largest absolute Gasteiger partial charge is 0.0732 e. The number of hydrogen-bond donors (Lipinski definition) is 0. The Morgan fingerprint density at radius 3 is 2.06 bits per heavy atom. The van der Waals surface area contributed by atoms with Crippen molar-refractivity contribution < 1.29 is 0 Å².